The van der Waals surface area contributed by atoms with E-state index in [0.717, 1.165) is 22.0 Å². The van der Waals surface area contributed by atoms with E-state index in [1.807, 2.05) is 42.5 Å². The first kappa shape index (κ1) is 13.4. The van der Waals surface area contributed by atoms with Crippen molar-refractivity contribution in [3.8, 4) is 0 Å². The van der Waals surface area contributed by atoms with Gasteiger partial charge in [0, 0.05) is 11.6 Å². The number of pyridine rings is 1. The van der Waals surface area contributed by atoms with Gasteiger partial charge < -0.3 is 5.73 Å². The van der Waals surface area contributed by atoms with Crippen LogP contribution in [0.1, 0.15) is 17.3 Å². The molecular formula is C16H12Cl2N2. The molecule has 0 radical (unpaired) electrons. The quantitative estimate of drug-likeness (QED) is 0.752. The topological polar surface area (TPSA) is 38.9 Å². The average molecular weight is 303 g/mol. The average Bonchev–Trinajstić information content (AvgIpc) is 2.49. The van der Waals surface area contributed by atoms with E-state index in [0.29, 0.717) is 10.0 Å². The number of nitrogens with zero attached hydrogens (tertiary/aromatic N) is 1. The van der Waals surface area contributed by atoms with Crippen molar-refractivity contribution in [1.29, 1.82) is 0 Å². The normalized spacial score (nSPS) is 12.6. The Bertz CT molecular complexity index is 766. The monoisotopic (exact) mass is 302 g/mol. The number of benzene rings is 2. The Morgan fingerprint density at radius 2 is 1.75 bits per heavy atom. The van der Waals surface area contributed by atoms with Crippen molar-refractivity contribution >= 4 is 34.0 Å². The van der Waals surface area contributed by atoms with E-state index < -0.39 is 6.04 Å². The standard InChI is InChI=1S/C16H12Cl2N2/c17-13-7-3-6-12(14(13)18)15(19)16-11-5-2-1-4-10(11)8-9-20-16/h1-9,15H,19H2. The summed E-state index contributed by atoms with van der Waals surface area (Å²) < 4.78 is 0. The molecule has 100 valence electrons. The first-order chi connectivity index (χ1) is 9.68. The summed E-state index contributed by atoms with van der Waals surface area (Å²) in [7, 11) is 0. The van der Waals surface area contributed by atoms with Crippen LogP contribution in [0, 0.1) is 0 Å². The van der Waals surface area contributed by atoms with E-state index in [2.05, 4.69) is 4.98 Å². The smallest absolute Gasteiger partial charge is 0.0747 e. The third kappa shape index (κ3) is 2.27. The first-order valence-corrected chi connectivity index (χ1v) is 6.97. The van der Waals surface area contributed by atoms with Crippen molar-refractivity contribution < 1.29 is 0 Å². The molecule has 0 aliphatic rings. The van der Waals surface area contributed by atoms with Gasteiger partial charge in [0.1, 0.15) is 0 Å². The molecule has 3 aromatic rings. The maximum atomic E-state index is 6.35. The van der Waals surface area contributed by atoms with E-state index in [4.69, 9.17) is 28.9 Å². The summed E-state index contributed by atoms with van der Waals surface area (Å²) >= 11 is 12.3. The number of rotatable bonds is 2. The lowest BCUT2D eigenvalue weighted by Gasteiger charge is -2.16. The number of hydrogen-bond donors (Lipinski definition) is 1. The van der Waals surface area contributed by atoms with Crippen LogP contribution in [0.4, 0.5) is 0 Å². The van der Waals surface area contributed by atoms with Gasteiger partial charge in [0.25, 0.3) is 0 Å². The Hall–Kier alpha value is -1.61. The van der Waals surface area contributed by atoms with E-state index in [1.165, 1.54) is 0 Å². The van der Waals surface area contributed by atoms with E-state index in [9.17, 15) is 0 Å². The fourth-order valence-corrected chi connectivity index (χ4v) is 2.72. The molecule has 2 N–H and O–H groups in total. The summed E-state index contributed by atoms with van der Waals surface area (Å²) in [6, 6.07) is 15.0. The molecule has 2 nitrogen and oxygen atoms in total. The van der Waals surface area contributed by atoms with Crippen LogP contribution in [-0.4, -0.2) is 4.98 Å². The molecule has 1 unspecified atom stereocenters. The van der Waals surface area contributed by atoms with Crippen LogP contribution in [0.2, 0.25) is 10.0 Å². The van der Waals surface area contributed by atoms with Crippen molar-refractivity contribution in [2.75, 3.05) is 0 Å². The molecule has 2 aromatic carbocycles. The van der Waals surface area contributed by atoms with Gasteiger partial charge in [0.15, 0.2) is 0 Å². The largest absolute Gasteiger partial charge is 0.319 e. The Morgan fingerprint density at radius 1 is 0.950 bits per heavy atom. The fourth-order valence-electron chi connectivity index (χ4n) is 2.30. The fraction of sp³-hybridized carbons (Fsp3) is 0.0625. The highest BCUT2D eigenvalue weighted by atomic mass is 35.5. The maximum Gasteiger partial charge on any atom is 0.0747 e. The molecule has 0 fully saturated rings. The van der Waals surface area contributed by atoms with Crippen molar-refractivity contribution in [2.24, 2.45) is 5.73 Å². The van der Waals surface area contributed by atoms with Crippen molar-refractivity contribution in [2.45, 2.75) is 6.04 Å². The van der Waals surface area contributed by atoms with Gasteiger partial charge in [-0.2, -0.15) is 0 Å². The third-order valence-electron chi connectivity index (χ3n) is 3.32. The van der Waals surface area contributed by atoms with Crippen LogP contribution in [0.25, 0.3) is 10.8 Å². The number of halogens is 2. The summed E-state index contributed by atoms with van der Waals surface area (Å²) in [6.45, 7) is 0. The summed E-state index contributed by atoms with van der Waals surface area (Å²) in [4.78, 5) is 4.43. The number of nitrogens with two attached hydrogens (primary N) is 1. The zero-order valence-corrected chi connectivity index (χ0v) is 12.1. The number of hydrogen-bond acceptors (Lipinski definition) is 2. The predicted molar refractivity (Wildman–Crippen MR) is 84.2 cm³/mol. The molecular weight excluding hydrogens is 291 g/mol. The highest BCUT2D eigenvalue weighted by Gasteiger charge is 2.17. The molecule has 0 amide bonds. The zero-order chi connectivity index (χ0) is 14.1. The van der Waals surface area contributed by atoms with Crippen LogP contribution in [0.15, 0.2) is 54.7 Å². The zero-order valence-electron chi connectivity index (χ0n) is 10.6. The Kier molecular flexibility index (Phi) is 3.62. The Labute approximate surface area is 127 Å². The first-order valence-electron chi connectivity index (χ1n) is 6.21. The minimum absolute atomic E-state index is 0.410. The molecule has 0 saturated carbocycles. The summed E-state index contributed by atoms with van der Waals surface area (Å²) in [5.41, 5.74) is 7.93. The van der Waals surface area contributed by atoms with E-state index >= 15 is 0 Å². The van der Waals surface area contributed by atoms with Gasteiger partial charge in [-0.3, -0.25) is 4.98 Å². The minimum atomic E-state index is -0.410. The summed E-state index contributed by atoms with van der Waals surface area (Å²) in [5.74, 6) is 0. The second-order valence-corrected chi connectivity index (χ2v) is 5.32. The minimum Gasteiger partial charge on any atom is -0.319 e. The van der Waals surface area contributed by atoms with Gasteiger partial charge in [-0.15, -0.1) is 0 Å². The number of fused-ring (bicyclic) bond motifs is 1. The second-order valence-electron chi connectivity index (χ2n) is 4.54. The van der Waals surface area contributed by atoms with Crippen molar-refractivity contribution in [3.63, 3.8) is 0 Å². The molecule has 1 aromatic heterocycles. The molecule has 20 heavy (non-hydrogen) atoms. The molecule has 4 heteroatoms. The van der Waals surface area contributed by atoms with E-state index in [-0.39, 0.29) is 0 Å². The maximum absolute atomic E-state index is 6.35. The van der Waals surface area contributed by atoms with Gasteiger partial charge in [0.2, 0.25) is 0 Å². The van der Waals surface area contributed by atoms with Crippen LogP contribution in [0.5, 0.6) is 0 Å². The molecule has 0 saturated heterocycles. The number of aromatic nitrogens is 1. The highest BCUT2D eigenvalue weighted by molar-refractivity contribution is 6.42. The molecule has 1 heterocycles. The molecule has 0 aliphatic carbocycles. The van der Waals surface area contributed by atoms with Crippen LogP contribution in [-0.2, 0) is 0 Å². The lowest BCUT2D eigenvalue weighted by atomic mass is 9.99. The predicted octanol–water partition coefficient (Wildman–Crippen LogP) is 4.59. The van der Waals surface area contributed by atoms with Gasteiger partial charge >= 0.3 is 0 Å². The molecule has 0 bridgehead atoms. The summed E-state index contributed by atoms with van der Waals surface area (Å²) in [5, 5.41) is 3.11. The van der Waals surface area contributed by atoms with E-state index in [1.54, 1.807) is 12.3 Å². The SMILES string of the molecule is NC(c1cccc(Cl)c1Cl)c1nccc2ccccc12. The van der Waals surface area contributed by atoms with Gasteiger partial charge in [-0.25, -0.2) is 0 Å². The van der Waals surface area contributed by atoms with Crippen molar-refractivity contribution in [1.82, 2.24) is 4.98 Å². The molecule has 0 spiro atoms. The van der Waals surface area contributed by atoms with Crippen LogP contribution in [0.3, 0.4) is 0 Å². The molecule has 3 rings (SSSR count). The molecule has 0 aliphatic heterocycles. The highest BCUT2D eigenvalue weighted by Crippen LogP contribution is 2.33. The molecule has 1 atom stereocenters. The van der Waals surface area contributed by atoms with Crippen LogP contribution >= 0.6 is 23.2 Å². The summed E-state index contributed by atoms with van der Waals surface area (Å²) in [6.07, 6.45) is 1.76. The Morgan fingerprint density at radius 3 is 2.60 bits per heavy atom. The van der Waals surface area contributed by atoms with Crippen molar-refractivity contribution in [3.05, 3.63) is 76.0 Å². The van der Waals surface area contributed by atoms with Gasteiger partial charge in [-0.05, 0) is 23.1 Å². The Balaban J connectivity index is 2.18. The third-order valence-corrected chi connectivity index (χ3v) is 4.15. The lowest BCUT2D eigenvalue weighted by molar-refractivity contribution is 0.840. The van der Waals surface area contributed by atoms with Gasteiger partial charge in [-0.1, -0.05) is 59.6 Å². The lowest BCUT2D eigenvalue weighted by Crippen LogP contribution is -2.14. The van der Waals surface area contributed by atoms with Gasteiger partial charge in [0.05, 0.1) is 21.8 Å². The second kappa shape index (κ2) is 5.41. The van der Waals surface area contributed by atoms with Crippen LogP contribution < -0.4 is 5.73 Å².